The molecular weight excluding hydrogens is 512 g/mol. The van der Waals surface area contributed by atoms with Gasteiger partial charge in [0, 0.05) is 21.2 Å². The van der Waals surface area contributed by atoms with Gasteiger partial charge in [0.25, 0.3) is 0 Å². The monoisotopic (exact) mass is 517 g/mol. The molecule has 0 saturated carbocycles. The zero-order chi connectivity index (χ0) is 15.7. The van der Waals surface area contributed by atoms with Crippen LogP contribution in [0.3, 0.4) is 0 Å². The summed E-state index contributed by atoms with van der Waals surface area (Å²) in [6, 6.07) is 10.7. The minimum Gasteiger partial charge on any atom is -0.702 e. The van der Waals surface area contributed by atoms with Crippen LogP contribution in [0, 0.1) is 6.07 Å². The summed E-state index contributed by atoms with van der Waals surface area (Å²) in [5.74, 6) is 0.322. The molecule has 2 aromatic carbocycles. The number of hydrogen-bond acceptors (Lipinski definition) is 5. The van der Waals surface area contributed by atoms with Crippen LogP contribution < -0.4 is 5.46 Å². The van der Waals surface area contributed by atoms with Crippen molar-refractivity contribution in [2.75, 3.05) is 0 Å². The Kier molecular flexibility index (Phi) is 5.87. The second-order valence-corrected chi connectivity index (χ2v) is 5.24. The second kappa shape index (κ2) is 7.50. The van der Waals surface area contributed by atoms with Gasteiger partial charge >= 0.3 is 28.2 Å². The first kappa shape index (κ1) is 18.0. The molecule has 3 aromatic rings. The van der Waals surface area contributed by atoms with Gasteiger partial charge in [-0.3, -0.25) is 4.98 Å². The average molecular weight is 518 g/mol. The van der Waals surface area contributed by atoms with Gasteiger partial charge in [-0.05, 0) is 23.7 Å². The summed E-state index contributed by atoms with van der Waals surface area (Å²) < 4.78 is 9.94. The molecule has 1 aromatic heterocycles. The third-order valence-electron chi connectivity index (χ3n) is 2.88. The third-order valence-corrected chi connectivity index (χ3v) is 3.31. The van der Waals surface area contributed by atoms with E-state index in [4.69, 9.17) is 27.6 Å². The Morgan fingerprint density at radius 2 is 1.96 bits per heavy atom. The van der Waals surface area contributed by atoms with Gasteiger partial charge in [0.05, 0.1) is 0 Å². The Bertz CT molecular complexity index is 838. The summed E-state index contributed by atoms with van der Waals surface area (Å²) in [5, 5.41) is 10.5. The first-order chi connectivity index (χ1) is 10.6. The summed E-state index contributed by atoms with van der Waals surface area (Å²) in [7, 11) is -1.46. The molecule has 0 spiro atoms. The van der Waals surface area contributed by atoms with Crippen molar-refractivity contribution in [1.82, 2.24) is 4.98 Å². The number of carbonyl (C=O) groups excluding carboxylic acids is 1. The quantitative estimate of drug-likeness (QED) is 0.425. The van der Waals surface area contributed by atoms with Gasteiger partial charge in [0.1, 0.15) is 0 Å². The molecular formula is C14H6BCl2NO4W. The van der Waals surface area contributed by atoms with Crippen LogP contribution in [0.2, 0.25) is 10.0 Å². The maximum atomic E-state index is 10.1. The molecule has 114 valence electrons. The number of hydrogen-bond donors (Lipinski definition) is 1. The van der Waals surface area contributed by atoms with E-state index in [1.807, 2.05) is 0 Å². The van der Waals surface area contributed by atoms with E-state index in [1.165, 1.54) is 12.1 Å². The number of fused-ring (bicyclic) bond motifs is 1. The molecule has 3 rings (SSSR count). The van der Waals surface area contributed by atoms with E-state index >= 15 is 0 Å². The summed E-state index contributed by atoms with van der Waals surface area (Å²) in [4.78, 5) is 14.4. The van der Waals surface area contributed by atoms with E-state index in [-0.39, 0.29) is 26.5 Å². The Balaban J connectivity index is 0.00000192. The van der Waals surface area contributed by atoms with Gasteiger partial charge in [-0.1, -0.05) is 29.7 Å². The molecule has 9 heteroatoms. The molecule has 0 unspecified atom stereocenters. The Labute approximate surface area is 156 Å². The zero-order valence-corrected chi connectivity index (χ0v) is 15.7. The van der Waals surface area contributed by atoms with Crippen LogP contribution in [-0.2, 0) is 30.5 Å². The summed E-state index contributed by atoms with van der Waals surface area (Å²) in [6.45, 7) is 1.16. The van der Waals surface area contributed by atoms with E-state index in [1.54, 1.807) is 18.2 Å². The molecule has 0 bridgehead atoms. The summed E-state index contributed by atoms with van der Waals surface area (Å²) in [5.41, 5.74) is 1.77. The third kappa shape index (κ3) is 3.96. The first-order valence-electron chi connectivity index (χ1n) is 6.06. The maximum Gasteiger partial charge on any atom is 2.00 e. The predicted molar refractivity (Wildman–Crippen MR) is 82.7 cm³/mol. The van der Waals surface area contributed by atoms with Gasteiger partial charge in [-0.2, -0.15) is 6.07 Å². The number of oxazole rings is 1. The minimum atomic E-state index is -1.46. The molecule has 0 saturated heterocycles. The first-order valence-corrected chi connectivity index (χ1v) is 6.82. The number of halogens is 2. The normalized spacial score (nSPS) is 10.2. The van der Waals surface area contributed by atoms with Gasteiger partial charge in [0.15, 0.2) is 0 Å². The maximum absolute atomic E-state index is 10.1. The fourth-order valence-electron chi connectivity index (χ4n) is 1.94. The molecule has 5 nitrogen and oxygen atoms in total. The van der Waals surface area contributed by atoms with Crippen LogP contribution in [0.25, 0.3) is 22.6 Å². The predicted octanol–water partition coefficient (Wildman–Crippen LogP) is 2.37. The number of rotatable bonds is 4. The van der Waals surface area contributed by atoms with Crippen molar-refractivity contribution in [1.29, 1.82) is 0 Å². The number of aromatic nitrogens is 1. The smallest absolute Gasteiger partial charge is 0.702 e. The minimum absolute atomic E-state index is 0. The molecule has 0 aliphatic heterocycles. The van der Waals surface area contributed by atoms with Gasteiger partial charge in [-0.15, -0.1) is 17.6 Å². The van der Waals surface area contributed by atoms with Crippen molar-refractivity contribution in [2.24, 2.45) is 0 Å². The molecule has 1 N–H and O–H groups in total. The van der Waals surface area contributed by atoms with Gasteiger partial charge in [-0.25, -0.2) is 0 Å². The Morgan fingerprint density at radius 1 is 1.26 bits per heavy atom. The Morgan fingerprint density at radius 3 is 2.61 bits per heavy atom. The average Bonchev–Trinajstić information content (AvgIpc) is 2.89. The van der Waals surface area contributed by atoms with E-state index in [2.05, 4.69) is 15.7 Å². The van der Waals surface area contributed by atoms with Crippen LogP contribution in [-0.4, -0.2) is 23.6 Å². The fraction of sp³-hybridized carbons (Fsp3) is 0. The topological polar surface area (TPSA) is 72.6 Å². The fourth-order valence-corrected chi connectivity index (χ4v) is 2.46. The number of nitrogens with zero attached hydrogens (tertiary/aromatic N) is 1. The largest absolute Gasteiger partial charge is 2.00 e. The van der Waals surface area contributed by atoms with Gasteiger partial charge in [0.2, 0.25) is 5.89 Å². The van der Waals surface area contributed by atoms with Gasteiger partial charge < -0.3 is 18.9 Å². The number of benzene rings is 2. The molecule has 23 heavy (non-hydrogen) atoms. The van der Waals surface area contributed by atoms with Crippen molar-refractivity contribution >= 4 is 53.4 Å². The van der Waals surface area contributed by atoms with Crippen LogP contribution >= 0.6 is 23.2 Å². The zero-order valence-electron chi connectivity index (χ0n) is 11.2. The SMILES string of the molecule is O=[C-]OB(O)c1[c-]cc2nc(-c3cc(Cl)cc(Cl)c3)oc2c1.[W+2]. The van der Waals surface area contributed by atoms with Crippen LogP contribution in [0.15, 0.2) is 34.7 Å². The van der Waals surface area contributed by atoms with Crippen LogP contribution in [0.1, 0.15) is 0 Å². The molecule has 0 radical (unpaired) electrons. The van der Waals surface area contributed by atoms with E-state index in [9.17, 15) is 9.82 Å². The summed E-state index contributed by atoms with van der Waals surface area (Å²) in [6.07, 6.45) is 0. The second-order valence-electron chi connectivity index (χ2n) is 4.37. The summed E-state index contributed by atoms with van der Waals surface area (Å²) >= 11 is 11.9. The van der Waals surface area contributed by atoms with E-state index in [0.717, 1.165) is 6.47 Å². The van der Waals surface area contributed by atoms with Crippen molar-refractivity contribution in [3.63, 3.8) is 0 Å². The van der Waals surface area contributed by atoms with Crippen LogP contribution in [0.5, 0.6) is 0 Å². The molecule has 0 fully saturated rings. The molecule has 0 atom stereocenters. The molecule has 0 aliphatic rings. The standard InChI is InChI=1S/C14H6BCl2NO4.W/c16-10-3-8(4-11(17)6-10)14-18-12-2-1-9(5-13(12)22-14)15(20)21-7-19;/h2-6,20H;/q-2;+2. The van der Waals surface area contributed by atoms with Crippen molar-refractivity contribution < 1.29 is 40.0 Å². The van der Waals surface area contributed by atoms with E-state index in [0.29, 0.717) is 32.6 Å². The van der Waals surface area contributed by atoms with Crippen LogP contribution in [0.4, 0.5) is 0 Å². The molecule has 0 amide bonds. The Hall–Kier alpha value is -1.33. The molecule has 1 heterocycles. The van der Waals surface area contributed by atoms with Crippen molar-refractivity contribution in [3.05, 3.63) is 46.4 Å². The van der Waals surface area contributed by atoms with E-state index < -0.39 is 7.12 Å². The van der Waals surface area contributed by atoms with Crippen molar-refractivity contribution in [3.8, 4) is 11.5 Å². The molecule has 0 aliphatic carbocycles. The van der Waals surface area contributed by atoms with Crippen molar-refractivity contribution in [2.45, 2.75) is 0 Å².